The predicted molar refractivity (Wildman–Crippen MR) is 85.3 cm³/mol. The summed E-state index contributed by atoms with van der Waals surface area (Å²) in [7, 11) is 0. The summed E-state index contributed by atoms with van der Waals surface area (Å²) in [5.74, 6) is 0.587. The van der Waals surface area contributed by atoms with Crippen molar-refractivity contribution >= 4 is 42.1 Å². The van der Waals surface area contributed by atoms with Gasteiger partial charge in [-0.2, -0.15) is 13.2 Å². The molecular formula is C13H18Cl3F3N2. The summed E-state index contributed by atoms with van der Waals surface area (Å²) in [6.45, 7) is 3.97. The van der Waals surface area contributed by atoms with E-state index in [1.54, 1.807) is 6.07 Å². The number of halogens is 6. The van der Waals surface area contributed by atoms with Gasteiger partial charge in [-0.25, -0.2) is 0 Å². The van der Waals surface area contributed by atoms with Gasteiger partial charge in [0.05, 0.1) is 5.56 Å². The molecule has 0 N–H and O–H groups in total. The second-order valence-electron chi connectivity index (χ2n) is 4.57. The number of rotatable bonds is 3. The van der Waals surface area contributed by atoms with Crippen LogP contribution >= 0.6 is 36.4 Å². The average molecular weight is 366 g/mol. The monoisotopic (exact) mass is 364 g/mol. The van der Waals surface area contributed by atoms with Crippen LogP contribution in [-0.4, -0.2) is 43.5 Å². The van der Waals surface area contributed by atoms with Crippen LogP contribution in [0.3, 0.4) is 0 Å². The molecule has 1 heterocycles. The number of hydrogen-bond acceptors (Lipinski definition) is 2. The highest BCUT2D eigenvalue weighted by Gasteiger charge is 2.31. The second-order valence-corrected chi connectivity index (χ2v) is 4.94. The Hall–Kier alpha value is -0.360. The summed E-state index contributed by atoms with van der Waals surface area (Å²) in [6, 6.07) is 5.51. The third-order valence-electron chi connectivity index (χ3n) is 3.31. The summed E-state index contributed by atoms with van der Waals surface area (Å²) in [6.07, 6.45) is -4.28. The predicted octanol–water partition coefficient (Wildman–Crippen LogP) is 3.91. The number of alkyl halides is 4. The zero-order chi connectivity index (χ0) is 13.9. The van der Waals surface area contributed by atoms with Crippen molar-refractivity contribution in [2.75, 3.05) is 43.5 Å². The summed E-state index contributed by atoms with van der Waals surface area (Å²) in [5, 5.41) is 0. The van der Waals surface area contributed by atoms with E-state index in [1.165, 1.54) is 12.1 Å². The van der Waals surface area contributed by atoms with E-state index in [1.807, 2.05) is 4.90 Å². The van der Waals surface area contributed by atoms with Crippen molar-refractivity contribution < 1.29 is 13.2 Å². The lowest BCUT2D eigenvalue weighted by atomic mass is 10.1. The summed E-state index contributed by atoms with van der Waals surface area (Å²) in [4.78, 5) is 4.21. The van der Waals surface area contributed by atoms with Crippen LogP contribution in [0.1, 0.15) is 5.56 Å². The molecule has 21 heavy (non-hydrogen) atoms. The van der Waals surface area contributed by atoms with Crippen molar-refractivity contribution in [3.63, 3.8) is 0 Å². The molecule has 1 aliphatic heterocycles. The maximum absolute atomic E-state index is 12.7. The van der Waals surface area contributed by atoms with E-state index >= 15 is 0 Å². The molecule has 0 aromatic heterocycles. The van der Waals surface area contributed by atoms with Crippen LogP contribution in [-0.2, 0) is 6.18 Å². The van der Waals surface area contributed by atoms with Crippen molar-refractivity contribution in [3.05, 3.63) is 29.8 Å². The fourth-order valence-corrected chi connectivity index (χ4v) is 2.47. The van der Waals surface area contributed by atoms with Gasteiger partial charge in [0.2, 0.25) is 0 Å². The number of anilines is 1. The Morgan fingerprint density at radius 2 is 1.67 bits per heavy atom. The fourth-order valence-electron chi connectivity index (χ4n) is 2.23. The maximum atomic E-state index is 12.7. The van der Waals surface area contributed by atoms with Gasteiger partial charge in [0.15, 0.2) is 0 Å². The van der Waals surface area contributed by atoms with Crippen molar-refractivity contribution in [1.29, 1.82) is 0 Å². The van der Waals surface area contributed by atoms with E-state index in [2.05, 4.69) is 4.90 Å². The van der Waals surface area contributed by atoms with Crippen LogP contribution in [0.2, 0.25) is 0 Å². The van der Waals surface area contributed by atoms with E-state index in [4.69, 9.17) is 11.6 Å². The Bertz CT molecular complexity index is 421. The lowest BCUT2D eigenvalue weighted by molar-refractivity contribution is -0.137. The Morgan fingerprint density at radius 3 is 2.19 bits per heavy atom. The number of hydrogen-bond donors (Lipinski definition) is 0. The molecule has 1 fully saturated rings. The molecule has 1 aromatic carbocycles. The first-order valence-corrected chi connectivity index (χ1v) is 6.74. The molecule has 0 saturated carbocycles. The van der Waals surface area contributed by atoms with Crippen molar-refractivity contribution in [3.8, 4) is 0 Å². The van der Waals surface area contributed by atoms with E-state index in [0.717, 1.165) is 38.8 Å². The molecule has 0 aliphatic carbocycles. The molecular weight excluding hydrogens is 348 g/mol. The SMILES string of the molecule is Cl.Cl.FC(F)(F)c1cccc(N2CCN(CCCl)CC2)c1. The summed E-state index contributed by atoms with van der Waals surface area (Å²) >= 11 is 5.68. The molecule has 122 valence electrons. The van der Waals surface area contributed by atoms with Gasteiger partial charge in [-0.3, -0.25) is 4.90 Å². The second kappa shape index (κ2) is 8.93. The lowest BCUT2D eigenvalue weighted by Crippen LogP contribution is -2.47. The Kier molecular flexibility index (Phi) is 8.78. The van der Waals surface area contributed by atoms with Crippen LogP contribution in [0.25, 0.3) is 0 Å². The van der Waals surface area contributed by atoms with Gasteiger partial charge in [-0.15, -0.1) is 36.4 Å². The van der Waals surface area contributed by atoms with Gasteiger partial charge in [0.25, 0.3) is 0 Å². The molecule has 0 amide bonds. The van der Waals surface area contributed by atoms with Gasteiger partial charge < -0.3 is 4.90 Å². The Balaban J connectivity index is 0.00000200. The van der Waals surface area contributed by atoms with E-state index in [0.29, 0.717) is 11.6 Å². The molecule has 1 aromatic rings. The first-order valence-electron chi connectivity index (χ1n) is 6.21. The number of benzene rings is 1. The van der Waals surface area contributed by atoms with Crippen LogP contribution in [0.5, 0.6) is 0 Å². The highest BCUT2D eigenvalue weighted by Crippen LogP contribution is 2.31. The molecule has 2 rings (SSSR count). The number of piperazine rings is 1. The quantitative estimate of drug-likeness (QED) is 0.749. The zero-order valence-electron chi connectivity index (χ0n) is 11.3. The van der Waals surface area contributed by atoms with Crippen molar-refractivity contribution in [2.45, 2.75) is 6.18 Å². The van der Waals surface area contributed by atoms with E-state index in [-0.39, 0.29) is 24.8 Å². The van der Waals surface area contributed by atoms with Gasteiger partial charge in [0.1, 0.15) is 0 Å². The van der Waals surface area contributed by atoms with Crippen LogP contribution < -0.4 is 4.90 Å². The minimum Gasteiger partial charge on any atom is -0.369 e. The highest BCUT2D eigenvalue weighted by molar-refractivity contribution is 6.18. The smallest absolute Gasteiger partial charge is 0.369 e. The van der Waals surface area contributed by atoms with Crippen molar-refractivity contribution in [2.24, 2.45) is 0 Å². The van der Waals surface area contributed by atoms with E-state index in [9.17, 15) is 13.2 Å². The van der Waals surface area contributed by atoms with Gasteiger partial charge in [-0.1, -0.05) is 6.07 Å². The van der Waals surface area contributed by atoms with E-state index < -0.39 is 11.7 Å². The molecule has 0 unspecified atom stereocenters. The largest absolute Gasteiger partial charge is 0.416 e. The molecule has 0 bridgehead atoms. The number of nitrogens with zero attached hydrogens (tertiary/aromatic N) is 2. The standard InChI is InChI=1S/C13H16ClF3N2.2ClH/c14-4-5-18-6-8-19(9-7-18)12-3-1-2-11(10-12)13(15,16)17;;/h1-3,10H,4-9H2;2*1H. The van der Waals surface area contributed by atoms with Crippen LogP contribution in [0.4, 0.5) is 18.9 Å². The lowest BCUT2D eigenvalue weighted by Gasteiger charge is -2.36. The summed E-state index contributed by atoms with van der Waals surface area (Å²) in [5.41, 5.74) is 0.0496. The molecule has 0 atom stereocenters. The highest BCUT2D eigenvalue weighted by atomic mass is 35.5. The Labute approximate surface area is 140 Å². The Morgan fingerprint density at radius 1 is 1.05 bits per heavy atom. The van der Waals surface area contributed by atoms with Crippen molar-refractivity contribution in [1.82, 2.24) is 4.90 Å². The van der Waals surface area contributed by atoms with Gasteiger partial charge >= 0.3 is 6.18 Å². The molecule has 2 nitrogen and oxygen atoms in total. The average Bonchev–Trinajstić information content (AvgIpc) is 2.39. The zero-order valence-corrected chi connectivity index (χ0v) is 13.7. The van der Waals surface area contributed by atoms with Crippen LogP contribution in [0.15, 0.2) is 24.3 Å². The molecule has 1 aliphatic rings. The van der Waals surface area contributed by atoms with Gasteiger partial charge in [0, 0.05) is 44.3 Å². The first kappa shape index (κ1) is 20.6. The molecule has 0 radical (unpaired) electrons. The molecule has 0 spiro atoms. The minimum absolute atomic E-state index is 0. The fraction of sp³-hybridized carbons (Fsp3) is 0.538. The third kappa shape index (κ3) is 5.74. The first-order chi connectivity index (χ1) is 9.00. The third-order valence-corrected chi connectivity index (χ3v) is 3.48. The summed E-state index contributed by atoms with van der Waals surface area (Å²) < 4.78 is 38.0. The van der Waals surface area contributed by atoms with Gasteiger partial charge in [-0.05, 0) is 18.2 Å². The molecule has 1 saturated heterocycles. The molecule has 8 heteroatoms. The maximum Gasteiger partial charge on any atom is 0.416 e. The topological polar surface area (TPSA) is 6.48 Å². The minimum atomic E-state index is -4.28. The van der Waals surface area contributed by atoms with Crippen LogP contribution in [0, 0.1) is 0 Å². The normalized spacial score (nSPS) is 16.1.